The Balaban J connectivity index is 2.50. The van der Waals surface area contributed by atoms with Crippen molar-refractivity contribution in [1.29, 1.82) is 0 Å². The highest BCUT2D eigenvalue weighted by Crippen LogP contribution is 2.31. The number of phenols is 1. The van der Waals surface area contributed by atoms with Crippen molar-refractivity contribution >= 4 is 11.8 Å². The van der Waals surface area contributed by atoms with Crippen LogP contribution >= 0.6 is 0 Å². The van der Waals surface area contributed by atoms with Crippen molar-refractivity contribution in [3.05, 3.63) is 29.3 Å². The molecule has 4 nitrogen and oxygen atoms in total. The minimum Gasteiger partial charge on any atom is -0.507 e. The van der Waals surface area contributed by atoms with Gasteiger partial charge in [-0.05, 0) is 24.5 Å². The van der Waals surface area contributed by atoms with Crippen LogP contribution in [0.3, 0.4) is 0 Å². The van der Waals surface area contributed by atoms with E-state index in [-0.39, 0.29) is 11.3 Å². The number of hydrogen-bond acceptors (Lipinski definition) is 3. The van der Waals surface area contributed by atoms with Gasteiger partial charge in [0.25, 0.3) is 0 Å². The lowest BCUT2D eigenvalue weighted by Crippen LogP contribution is -2.29. The zero-order chi connectivity index (χ0) is 11.0. The molecule has 1 aliphatic carbocycles. The summed E-state index contributed by atoms with van der Waals surface area (Å²) in [7, 11) is 0. The number of aryl methyl sites for hydroxylation is 1. The van der Waals surface area contributed by atoms with Crippen LogP contribution in [0.1, 0.15) is 22.3 Å². The highest BCUT2D eigenvalue weighted by Gasteiger charge is 2.34. The van der Waals surface area contributed by atoms with Gasteiger partial charge in [0.2, 0.25) is 0 Å². The number of ketones is 1. The maximum absolute atomic E-state index is 11.7. The van der Waals surface area contributed by atoms with E-state index in [0.29, 0.717) is 12.8 Å². The molecule has 1 atom stereocenters. The van der Waals surface area contributed by atoms with Crippen LogP contribution < -0.4 is 0 Å². The molecule has 2 N–H and O–H groups in total. The van der Waals surface area contributed by atoms with E-state index in [1.54, 1.807) is 12.1 Å². The van der Waals surface area contributed by atoms with Crippen molar-refractivity contribution in [3.8, 4) is 5.75 Å². The van der Waals surface area contributed by atoms with Crippen molar-refractivity contribution < 1.29 is 19.8 Å². The Kier molecular flexibility index (Phi) is 2.19. The van der Waals surface area contributed by atoms with Crippen LogP contribution in [0.2, 0.25) is 0 Å². The van der Waals surface area contributed by atoms with E-state index in [9.17, 15) is 14.7 Å². The minimum absolute atomic E-state index is 0.122. The lowest BCUT2D eigenvalue weighted by molar-refractivity contribution is -0.140. The van der Waals surface area contributed by atoms with Crippen LogP contribution in [0.25, 0.3) is 0 Å². The monoisotopic (exact) mass is 206 g/mol. The molecular formula is C11H10O4. The van der Waals surface area contributed by atoms with Crippen LogP contribution in [-0.4, -0.2) is 22.0 Å². The predicted molar refractivity (Wildman–Crippen MR) is 51.9 cm³/mol. The average molecular weight is 206 g/mol. The third-order valence-corrected chi connectivity index (χ3v) is 2.69. The molecule has 15 heavy (non-hydrogen) atoms. The summed E-state index contributed by atoms with van der Waals surface area (Å²) in [6, 6.07) is 4.80. The molecule has 0 amide bonds. The molecule has 0 saturated heterocycles. The van der Waals surface area contributed by atoms with Gasteiger partial charge in [-0.25, -0.2) is 0 Å². The molecule has 0 saturated carbocycles. The number of carboxylic acids is 1. The molecular weight excluding hydrogens is 196 g/mol. The van der Waals surface area contributed by atoms with E-state index >= 15 is 0 Å². The number of hydrogen-bond donors (Lipinski definition) is 2. The fraction of sp³-hybridized carbons (Fsp3) is 0.273. The number of rotatable bonds is 1. The van der Waals surface area contributed by atoms with Crippen molar-refractivity contribution in [2.45, 2.75) is 12.8 Å². The van der Waals surface area contributed by atoms with Gasteiger partial charge in [-0.1, -0.05) is 12.1 Å². The summed E-state index contributed by atoms with van der Waals surface area (Å²) >= 11 is 0. The number of aromatic hydroxyl groups is 1. The topological polar surface area (TPSA) is 74.6 Å². The molecule has 78 valence electrons. The Labute approximate surface area is 86.2 Å². The summed E-state index contributed by atoms with van der Waals surface area (Å²) in [4.78, 5) is 22.5. The minimum atomic E-state index is -1.12. The first-order valence-corrected chi connectivity index (χ1v) is 4.69. The number of phenolic OH excluding ortho intramolecular Hbond substituents is 1. The van der Waals surface area contributed by atoms with Gasteiger partial charge in [-0.2, -0.15) is 0 Å². The van der Waals surface area contributed by atoms with Gasteiger partial charge < -0.3 is 10.2 Å². The number of carbonyl (C=O) groups excluding carboxylic acids is 1. The third kappa shape index (κ3) is 1.48. The van der Waals surface area contributed by atoms with E-state index < -0.39 is 17.7 Å². The normalized spacial score (nSPS) is 19.7. The van der Waals surface area contributed by atoms with Crippen molar-refractivity contribution in [2.75, 3.05) is 0 Å². The van der Waals surface area contributed by atoms with Crippen molar-refractivity contribution in [2.24, 2.45) is 5.92 Å². The van der Waals surface area contributed by atoms with Gasteiger partial charge in [0, 0.05) is 0 Å². The number of benzene rings is 1. The Hall–Kier alpha value is -1.84. The summed E-state index contributed by atoms with van der Waals surface area (Å²) in [5, 5.41) is 18.3. The number of fused-ring (bicyclic) bond motifs is 1. The average Bonchev–Trinajstić information content (AvgIpc) is 2.17. The van der Waals surface area contributed by atoms with Crippen LogP contribution in [0.5, 0.6) is 5.75 Å². The Morgan fingerprint density at radius 1 is 1.40 bits per heavy atom. The highest BCUT2D eigenvalue weighted by atomic mass is 16.4. The van der Waals surface area contributed by atoms with Gasteiger partial charge >= 0.3 is 5.97 Å². The lowest BCUT2D eigenvalue weighted by atomic mass is 9.82. The molecule has 0 aromatic heterocycles. The van der Waals surface area contributed by atoms with E-state index in [1.165, 1.54) is 6.07 Å². The second-order valence-electron chi connectivity index (χ2n) is 3.61. The fourth-order valence-corrected chi connectivity index (χ4v) is 1.92. The molecule has 0 fully saturated rings. The zero-order valence-electron chi connectivity index (χ0n) is 7.93. The molecule has 1 aromatic carbocycles. The predicted octanol–water partition coefficient (Wildman–Crippen LogP) is 1.22. The lowest BCUT2D eigenvalue weighted by Gasteiger charge is -2.20. The van der Waals surface area contributed by atoms with Gasteiger partial charge in [-0.3, -0.25) is 9.59 Å². The molecule has 0 heterocycles. The second-order valence-corrected chi connectivity index (χ2v) is 3.61. The first kappa shape index (κ1) is 9.71. The van der Waals surface area contributed by atoms with Gasteiger partial charge in [0.05, 0.1) is 5.56 Å². The summed E-state index contributed by atoms with van der Waals surface area (Å²) in [6.07, 6.45) is 0.830. The molecule has 4 heteroatoms. The standard InChI is InChI=1S/C11H10O4/c12-8-3-1-2-6-4-5-7(11(14)15)10(13)9(6)8/h1-3,7,12H,4-5H2,(H,14,15). The molecule has 0 radical (unpaired) electrons. The molecule has 1 aliphatic rings. The SMILES string of the molecule is O=C(O)C1CCc2cccc(O)c2C1=O. The first-order chi connectivity index (χ1) is 7.11. The number of carboxylic acid groups (broad SMARTS) is 1. The second kappa shape index (κ2) is 3.38. The molecule has 2 rings (SSSR count). The Bertz CT molecular complexity index is 436. The fourth-order valence-electron chi connectivity index (χ4n) is 1.92. The third-order valence-electron chi connectivity index (χ3n) is 2.69. The van der Waals surface area contributed by atoms with Crippen LogP contribution in [-0.2, 0) is 11.2 Å². The molecule has 0 spiro atoms. The highest BCUT2D eigenvalue weighted by molar-refractivity contribution is 6.11. The van der Waals surface area contributed by atoms with Crippen molar-refractivity contribution in [3.63, 3.8) is 0 Å². The number of carbonyl (C=O) groups is 2. The summed E-state index contributed by atoms with van der Waals surface area (Å²) in [5.74, 6) is -2.73. The van der Waals surface area contributed by atoms with Crippen molar-refractivity contribution in [1.82, 2.24) is 0 Å². The van der Waals surface area contributed by atoms with E-state index in [1.807, 2.05) is 0 Å². The Morgan fingerprint density at radius 2 is 2.13 bits per heavy atom. The molecule has 1 unspecified atom stereocenters. The van der Waals surface area contributed by atoms with Crippen LogP contribution in [0, 0.1) is 5.92 Å². The molecule has 1 aromatic rings. The first-order valence-electron chi connectivity index (χ1n) is 4.69. The quantitative estimate of drug-likeness (QED) is 0.677. The smallest absolute Gasteiger partial charge is 0.314 e. The number of aliphatic carboxylic acids is 1. The van der Waals surface area contributed by atoms with E-state index in [4.69, 9.17) is 5.11 Å². The summed E-state index contributed by atoms with van der Waals surface area (Å²) < 4.78 is 0. The maximum Gasteiger partial charge on any atom is 0.314 e. The molecule has 0 aliphatic heterocycles. The van der Waals surface area contributed by atoms with Gasteiger partial charge in [0.15, 0.2) is 5.78 Å². The number of Topliss-reactive ketones (excluding diaryl/α,β-unsaturated/α-hetero) is 1. The summed E-state index contributed by atoms with van der Waals surface area (Å²) in [5.41, 5.74) is 0.911. The van der Waals surface area contributed by atoms with E-state index in [0.717, 1.165) is 5.56 Å². The van der Waals surface area contributed by atoms with Crippen LogP contribution in [0.15, 0.2) is 18.2 Å². The van der Waals surface area contributed by atoms with Gasteiger partial charge in [-0.15, -0.1) is 0 Å². The van der Waals surface area contributed by atoms with Crippen LogP contribution in [0.4, 0.5) is 0 Å². The van der Waals surface area contributed by atoms with E-state index in [2.05, 4.69) is 0 Å². The molecule has 0 bridgehead atoms. The summed E-state index contributed by atoms with van der Waals surface area (Å²) in [6.45, 7) is 0. The Morgan fingerprint density at radius 3 is 2.80 bits per heavy atom. The van der Waals surface area contributed by atoms with Gasteiger partial charge in [0.1, 0.15) is 11.7 Å². The zero-order valence-corrected chi connectivity index (χ0v) is 7.93. The maximum atomic E-state index is 11.7. The largest absolute Gasteiger partial charge is 0.507 e.